The fraction of sp³-hybridized carbons (Fsp3) is 0.900. The van der Waals surface area contributed by atoms with E-state index in [2.05, 4.69) is 0 Å². The van der Waals surface area contributed by atoms with E-state index in [1.165, 1.54) is 0 Å². The predicted molar refractivity (Wildman–Crippen MR) is 52.7 cm³/mol. The van der Waals surface area contributed by atoms with Gasteiger partial charge in [0.25, 0.3) is 0 Å². The molecule has 1 rings (SSSR count). The number of carbonyl (C=O) groups excluding carboxylic acids is 1. The first kappa shape index (κ1) is 11.5. The Balaban J connectivity index is 2.31. The summed E-state index contributed by atoms with van der Waals surface area (Å²) in [4.78, 5) is 11.5. The highest BCUT2D eigenvalue weighted by molar-refractivity contribution is 5.75. The van der Waals surface area contributed by atoms with E-state index >= 15 is 0 Å². The molecule has 0 aromatic rings. The van der Waals surface area contributed by atoms with Crippen molar-refractivity contribution in [3.8, 4) is 0 Å². The zero-order valence-electron chi connectivity index (χ0n) is 8.86. The molecule has 14 heavy (non-hydrogen) atoms. The second-order valence-corrected chi connectivity index (χ2v) is 4.02. The number of hydrogen-bond acceptors (Lipinski definition) is 4. The lowest BCUT2D eigenvalue weighted by Crippen LogP contribution is -2.40. The summed E-state index contributed by atoms with van der Waals surface area (Å²) in [6.07, 6.45) is 1.58. The molecule has 2 N–H and O–H groups in total. The Morgan fingerprint density at radius 2 is 2.00 bits per heavy atom. The largest absolute Gasteiger partial charge is 0.461 e. The van der Waals surface area contributed by atoms with Crippen molar-refractivity contribution in [2.45, 2.75) is 38.8 Å². The van der Waals surface area contributed by atoms with Crippen LogP contribution in [0.2, 0.25) is 0 Å². The van der Waals surface area contributed by atoms with Gasteiger partial charge in [0.05, 0.1) is 13.2 Å². The van der Waals surface area contributed by atoms with Crippen LogP contribution in [0.15, 0.2) is 0 Å². The minimum atomic E-state index is -0.502. The van der Waals surface area contributed by atoms with Gasteiger partial charge in [0.1, 0.15) is 12.1 Å². The van der Waals surface area contributed by atoms with Crippen molar-refractivity contribution in [2.24, 2.45) is 11.7 Å². The monoisotopic (exact) mass is 201 g/mol. The SMILES string of the molecule is CC(C)[C@H](N)C(=O)OC1CCOCC1. The van der Waals surface area contributed by atoms with E-state index in [0.717, 1.165) is 12.8 Å². The van der Waals surface area contributed by atoms with Gasteiger partial charge in [-0.2, -0.15) is 0 Å². The van der Waals surface area contributed by atoms with Gasteiger partial charge in [0.15, 0.2) is 0 Å². The molecule has 0 bridgehead atoms. The molecule has 4 heteroatoms. The van der Waals surface area contributed by atoms with E-state index in [0.29, 0.717) is 13.2 Å². The third-order valence-corrected chi connectivity index (χ3v) is 2.44. The van der Waals surface area contributed by atoms with Gasteiger partial charge in [-0.05, 0) is 5.92 Å². The van der Waals surface area contributed by atoms with E-state index in [9.17, 15) is 4.79 Å². The molecule has 1 heterocycles. The van der Waals surface area contributed by atoms with Gasteiger partial charge in [-0.15, -0.1) is 0 Å². The van der Waals surface area contributed by atoms with E-state index in [1.807, 2.05) is 13.8 Å². The normalized spacial score (nSPS) is 20.9. The Hall–Kier alpha value is -0.610. The smallest absolute Gasteiger partial charge is 0.323 e. The lowest BCUT2D eigenvalue weighted by atomic mass is 10.1. The third-order valence-electron chi connectivity index (χ3n) is 2.44. The second kappa shape index (κ2) is 5.32. The van der Waals surface area contributed by atoms with Gasteiger partial charge < -0.3 is 15.2 Å². The van der Waals surface area contributed by atoms with Gasteiger partial charge in [-0.25, -0.2) is 0 Å². The van der Waals surface area contributed by atoms with E-state index < -0.39 is 6.04 Å². The molecular formula is C10H19NO3. The molecule has 0 aliphatic carbocycles. The van der Waals surface area contributed by atoms with Crippen LogP contribution in [0.1, 0.15) is 26.7 Å². The summed E-state index contributed by atoms with van der Waals surface area (Å²) in [5, 5.41) is 0. The minimum Gasteiger partial charge on any atom is -0.461 e. The first-order valence-electron chi connectivity index (χ1n) is 5.15. The van der Waals surface area contributed by atoms with E-state index in [1.54, 1.807) is 0 Å². The minimum absolute atomic E-state index is 0.000972. The molecule has 0 spiro atoms. The van der Waals surface area contributed by atoms with Crippen LogP contribution in [0.4, 0.5) is 0 Å². The number of hydrogen-bond donors (Lipinski definition) is 1. The topological polar surface area (TPSA) is 61.6 Å². The quantitative estimate of drug-likeness (QED) is 0.682. The highest BCUT2D eigenvalue weighted by Crippen LogP contribution is 2.12. The first-order chi connectivity index (χ1) is 6.61. The molecule has 1 aliphatic rings. The Morgan fingerprint density at radius 1 is 1.43 bits per heavy atom. The van der Waals surface area contributed by atoms with Gasteiger partial charge in [-0.3, -0.25) is 4.79 Å². The van der Waals surface area contributed by atoms with Gasteiger partial charge in [0.2, 0.25) is 0 Å². The van der Waals surface area contributed by atoms with Crippen LogP contribution in [-0.4, -0.2) is 31.3 Å². The van der Waals surface area contributed by atoms with Gasteiger partial charge in [0, 0.05) is 12.8 Å². The van der Waals surface area contributed by atoms with Crippen molar-refractivity contribution in [1.82, 2.24) is 0 Å². The predicted octanol–water partition coefficient (Wildman–Crippen LogP) is 0.692. The van der Waals surface area contributed by atoms with Crippen molar-refractivity contribution in [1.29, 1.82) is 0 Å². The maximum absolute atomic E-state index is 11.5. The lowest BCUT2D eigenvalue weighted by molar-refractivity contribution is -0.155. The number of carbonyl (C=O) groups is 1. The molecular weight excluding hydrogens is 182 g/mol. The Morgan fingerprint density at radius 3 is 2.50 bits per heavy atom. The molecule has 0 amide bonds. The van der Waals surface area contributed by atoms with Crippen molar-refractivity contribution in [3.63, 3.8) is 0 Å². The maximum atomic E-state index is 11.5. The van der Waals surface area contributed by atoms with Crippen LogP contribution in [0, 0.1) is 5.92 Å². The second-order valence-electron chi connectivity index (χ2n) is 4.02. The highest BCUT2D eigenvalue weighted by atomic mass is 16.6. The molecule has 1 saturated heterocycles. The van der Waals surface area contributed by atoms with Crippen molar-refractivity contribution < 1.29 is 14.3 Å². The molecule has 0 aromatic carbocycles. The summed E-state index contributed by atoms with van der Waals surface area (Å²) >= 11 is 0. The van der Waals surface area contributed by atoms with Crippen LogP contribution in [0.25, 0.3) is 0 Å². The van der Waals surface area contributed by atoms with Crippen LogP contribution in [0.5, 0.6) is 0 Å². The fourth-order valence-corrected chi connectivity index (χ4v) is 1.31. The first-order valence-corrected chi connectivity index (χ1v) is 5.15. The van der Waals surface area contributed by atoms with E-state index in [-0.39, 0.29) is 18.0 Å². The van der Waals surface area contributed by atoms with Gasteiger partial charge >= 0.3 is 5.97 Å². The number of nitrogens with two attached hydrogens (primary N) is 1. The maximum Gasteiger partial charge on any atom is 0.323 e. The number of rotatable bonds is 3. The summed E-state index contributed by atoms with van der Waals surface area (Å²) in [5.74, 6) is -0.158. The van der Waals surface area contributed by atoms with Crippen molar-refractivity contribution in [3.05, 3.63) is 0 Å². The molecule has 1 atom stereocenters. The van der Waals surface area contributed by atoms with Gasteiger partial charge in [-0.1, -0.05) is 13.8 Å². The zero-order valence-corrected chi connectivity index (χ0v) is 8.86. The van der Waals surface area contributed by atoms with Crippen molar-refractivity contribution in [2.75, 3.05) is 13.2 Å². The lowest BCUT2D eigenvalue weighted by Gasteiger charge is -2.24. The summed E-state index contributed by atoms with van der Waals surface area (Å²) in [6.45, 7) is 5.18. The molecule has 4 nitrogen and oxygen atoms in total. The Kier molecular flexibility index (Phi) is 4.35. The summed E-state index contributed by atoms with van der Waals surface area (Å²) in [6, 6.07) is -0.502. The highest BCUT2D eigenvalue weighted by Gasteiger charge is 2.23. The summed E-state index contributed by atoms with van der Waals surface area (Å²) < 4.78 is 10.4. The third kappa shape index (κ3) is 3.27. The molecule has 0 aromatic heterocycles. The number of esters is 1. The number of ether oxygens (including phenoxy) is 2. The standard InChI is InChI=1S/C10H19NO3/c1-7(2)9(11)10(12)14-8-3-5-13-6-4-8/h7-9H,3-6,11H2,1-2H3/t9-/m0/s1. The van der Waals surface area contributed by atoms with Crippen LogP contribution in [0.3, 0.4) is 0 Å². The molecule has 1 fully saturated rings. The molecule has 0 unspecified atom stereocenters. The van der Waals surface area contributed by atoms with Crippen molar-refractivity contribution >= 4 is 5.97 Å². The molecule has 1 aliphatic heterocycles. The van der Waals surface area contributed by atoms with Crippen LogP contribution >= 0.6 is 0 Å². The van der Waals surface area contributed by atoms with E-state index in [4.69, 9.17) is 15.2 Å². The zero-order chi connectivity index (χ0) is 10.6. The molecule has 0 radical (unpaired) electrons. The summed E-state index contributed by atoms with van der Waals surface area (Å²) in [7, 11) is 0. The summed E-state index contributed by atoms with van der Waals surface area (Å²) in [5.41, 5.74) is 5.67. The molecule has 82 valence electrons. The molecule has 0 saturated carbocycles. The Labute approximate surface area is 84.7 Å². The average molecular weight is 201 g/mol. The Bertz CT molecular complexity index is 188. The average Bonchev–Trinajstić information content (AvgIpc) is 2.18. The fourth-order valence-electron chi connectivity index (χ4n) is 1.31. The van der Waals surface area contributed by atoms with Crippen LogP contribution < -0.4 is 5.73 Å². The van der Waals surface area contributed by atoms with Crippen LogP contribution in [-0.2, 0) is 14.3 Å².